The minimum absolute atomic E-state index is 0.117. The fourth-order valence-corrected chi connectivity index (χ4v) is 2.34. The van der Waals surface area contributed by atoms with Crippen LogP contribution in [0, 0.1) is 6.92 Å². The van der Waals surface area contributed by atoms with Crippen LogP contribution in [0.2, 0.25) is 0 Å². The van der Waals surface area contributed by atoms with Gasteiger partial charge in [-0.2, -0.15) is 5.10 Å². The fourth-order valence-electron chi connectivity index (χ4n) is 1.39. The largest absolute Gasteiger partial charge is 0.506 e. The number of aromatic hydroxyl groups is 1. The molecule has 4 nitrogen and oxygen atoms in total. The van der Waals surface area contributed by atoms with Crippen molar-refractivity contribution >= 4 is 39.5 Å². The Kier molecular flexibility index (Phi) is 5.31. The molecule has 0 atom stereocenters. The molecule has 0 heterocycles. The van der Waals surface area contributed by atoms with Crippen LogP contribution >= 0.6 is 28.1 Å². The Morgan fingerprint density at radius 1 is 1.42 bits per heavy atom. The number of nitrogens with zero attached hydrogens (tertiary/aromatic N) is 1. The number of nitrogens with one attached hydrogen (secondary N) is 2. The van der Waals surface area contributed by atoms with E-state index in [1.165, 1.54) is 6.21 Å². The number of phenolic OH excluding ortho intramolecular Hbond substituents is 1. The van der Waals surface area contributed by atoms with Gasteiger partial charge in [0.1, 0.15) is 5.75 Å². The molecule has 0 saturated carbocycles. The van der Waals surface area contributed by atoms with Crippen LogP contribution in [0.5, 0.6) is 5.75 Å². The second-order valence-electron chi connectivity index (χ2n) is 5.26. The van der Waals surface area contributed by atoms with Gasteiger partial charge in [-0.05, 0) is 73.5 Å². The molecule has 0 fully saturated rings. The molecule has 0 amide bonds. The maximum Gasteiger partial charge on any atom is 0.187 e. The second-order valence-corrected chi connectivity index (χ2v) is 6.52. The predicted octanol–water partition coefficient (Wildman–Crippen LogP) is 3.06. The van der Waals surface area contributed by atoms with Gasteiger partial charge in [0.2, 0.25) is 0 Å². The molecule has 0 radical (unpaired) electrons. The van der Waals surface area contributed by atoms with E-state index in [1.54, 1.807) is 0 Å². The summed E-state index contributed by atoms with van der Waals surface area (Å²) in [5, 5.41) is 17.4. The fraction of sp³-hybridized carbons (Fsp3) is 0.385. The predicted molar refractivity (Wildman–Crippen MR) is 86.8 cm³/mol. The van der Waals surface area contributed by atoms with Crippen LogP contribution < -0.4 is 10.7 Å². The summed E-state index contributed by atoms with van der Waals surface area (Å²) in [5.41, 5.74) is 4.25. The molecule has 0 saturated heterocycles. The summed E-state index contributed by atoms with van der Waals surface area (Å²) in [6, 6.07) is 3.68. The van der Waals surface area contributed by atoms with E-state index in [1.807, 2.05) is 39.8 Å². The molecular formula is C13H18BrN3OS. The van der Waals surface area contributed by atoms with Crippen molar-refractivity contribution in [3.05, 3.63) is 27.7 Å². The quantitative estimate of drug-likeness (QED) is 0.438. The summed E-state index contributed by atoms with van der Waals surface area (Å²) < 4.78 is 0.643. The molecular weight excluding hydrogens is 326 g/mol. The Morgan fingerprint density at radius 2 is 2.05 bits per heavy atom. The van der Waals surface area contributed by atoms with Crippen LogP contribution in [0.4, 0.5) is 0 Å². The SMILES string of the molecule is Cc1cc(Br)c(O)c(/C=N/NC(=S)NC(C)(C)C)c1. The Labute approximate surface area is 127 Å². The molecule has 3 N–H and O–H groups in total. The van der Waals surface area contributed by atoms with Crippen LogP contribution in [-0.4, -0.2) is 22.0 Å². The van der Waals surface area contributed by atoms with Gasteiger partial charge in [-0.25, -0.2) is 0 Å². The van der Waals surface area contributed by atoms with Crippen LogP contribution in [0.15, 0.2) is 21.7 Å². The smallest absolute Gasteiger partial charge is 0.187 e. The van der Waals surface area contributed by atoms with Crippen molar-refractivity contribution in [2.24, 2.45) is 5.10 Å². The number of hydrazone groups is 1. The molecule has 0 spiro atoms. The number of hydrogen-bond donors (Lipinski definition) is 3. The van der Waals surface area contributed by atoms with Crippen LogP contribution in [0.1, 0.15) is 31.9 Å². The molecule has 1 rings (SSSR count). The van der Waals surface area contributed by atoms with Gasteiger partial charge in [0.15, 0.2) is 5.11 Å². The molecule has 1 aromatic rings. The van der Waals surface area contributed by atoms with Crippen molar-refractivity contribution in [1.29, 1.82) is 0 Å². The summed E-state index contributed by atoms with van der Waals surface area (Å²) in [6.45, 7) is 7.97. The standard InChI is InChI=1S/C13H18BrN3OS/c1-8-5-9(11(18)10(14)6-8)7-15-17-12(19)16-13(2,3)4/h5-7,18H,1-4H3,(H2,16,17,19)/b15-7+. The van der Waals surface area contributed by atoms with E-state index in [-0.39, 0.29) is 11.3 Å². The highest BCUT2D eigenvalue weighted by Crippen LogP contribution is 2.27. The third kappa shape index (κ3) is 5.57. The zero-order valence-corrected chi connectivity index (χ0v) is 13.8. The van der Waals surface area contributed by atoms with Crippen molar-refractivity contribution in [2.45, 2.75) is 33.2 Å². The average molecular weight is 344 g/mol. The molecule has 19 heavy (non-hydrogen) atoms. The van der Waals surface area contributed by atoms with Gasteiger partial charge in [-0.3, -0.25) is 5.43 Å². The summed E-state index contributed by atoms with van der Waals surface area (Å²) in [5.74, 6) is 0.158. The lowest BCUT2D eigenvalue weighted by molar-refractivity contribution is 0.471. The van der Waals surface area contributed by atoms with Crippen molar-refractivity contribution < 1.29 is 5.11 Å². The van der Waals surface area contributed by atoms with Crippen LogP contribution in [0.25, 0.3) is 0 Å². The lowest BCUT2D eigenvalue weighted by atomic mass is 10.1. The Morgan fingerprint density at radius 3 is 2.63 bits per heavy atom. The van der Waals surface area contributed by atoms with Gasteiger partial charge >= 0.3 is 0 Å². The van der Waals surface area contributed by atoms with Gasteiger partial charge < -0.3 is 10.4 Å². The average Bonchev–Trinajstić information content (AvgIpc) is 2.22. The van der Waals surface area contributed by atoms with Crippen molar-refractivity contribution in [3.63, 3.8) is 0 Å². The molecule has 1 aromatic carbocycles. The first-order valence-corrected chi connectivity index (χ1v) is 6.99. The second kappa shape index (κ2) is 6.34. The highest BCUT2D eigenvalue weighted by molar-refractivity contribution is 9.10. The zero-order valence-electron chi connectivity index (χ0n) is 11.4. The molecule has 6 heteroatoms. The highest BCUT2D eigenvalue weighted by Gasteiger charge is 2.10. The van der Waals surface area contributed by atoms with Crippen LogP contribution in [0.3, 0.4) is 0 Å². The van der Waals surface area contributed by atoms with Gasteiger partial charge in [-0.1, -0.05) is 0 Å². The molecule has 0 aliphatic carbocycles. The summed E-state index contributed by atoms with van der Waals surface area (Å²) in [6.07, 6.45) is 1.53. The number of benzene rings is 1. The topological polar surface area (TPSA) is 56.7 Å². The number of rotatable bonds is 2. The Bertz CT molecular complexity index is 509. The maximum absolute atomic E-state index is 9.86. The molecule has 0 aliphatic rings. The third-order valence-electron chi connectivity index (χ3n) is 2.10. The van der Waals surface area contributed by atoms with Crippen molar-refractivity contribution in [1.82, 2.24) is 10.7 Å². The minimum atomic E-state index is -0.117. The first-order valence-electron chi connectivity index (χ1n) is 5.79. The molecule has 0 aromatic heterocycles. The van der Waals surface area contributed by atoms with E-state index in [0.717, 1.165) is 5.56 Å². The van der Waals surface area contributed by atoms with E-state index in [2.05, 4.69) is 31.8 Å². The third-order valence-corrected chi connectivity index (χ3v) is 2.89. The highest BCUT2D eigenvalue weighted by atomic mass is 79.9. The van der Waals surface area contributed by atoms with Gasteiger partial charge in [-0.15, -0.1) is 0 Å². The van der Waals surface area contributed by atoms with E-state index in [0.29, 0.717) is 15.1 Å². The summed E-state index contributed by atoms with van der Waals surface area (Å²) >= 11 is 8.38. The van der Waals surface area contributed by atoms with Crippen molar-refractivity contribution in [2.75, 3.05) is 0 Å². The number of aryl methyl sites for hydroxylation is 1. The Hall–Kier alpha value is -1.14. The number of hydrogen-bond acceptors (Lipinski definition) is 3. The normalized spacial score (nSPS) is 11.6. The molecule has 104 valence electrons. The van der Waals surface area contributed by atoms with E-state index in [4.69, 9.17) is 12.2 Å². The van der Waals surface area contributed by atoms with Gasteiger partial charge in [0.25, 0.3) is 0 Å². The molecule has 0 bridgehead atoms. The van der Waals surface area contributed by atoms with Crippen molar-refractivity contribution in [3.8, 4) is 5.75 Å². The summed E-state index contributed by atoms with van der Waals surface area (Å²) in [7, 11) is 0. The number of halogens is 1. The zero-order chi connectivity index (χ0) is 14.6. The van der Waals surface area contributed by atoms with E-state index in [9.17, 15) is 5.11 Å². The van der Waals surface area contributed by atoms with Crippen LogP contribution in [-0.2, 0) is 0 Å². The number of thiocarbonyl (C=S) groups is 1. The first-order chi connectivity index (χ1) is 8.69. The summed E-state index contributed by atoms with van der Waals surface area (Å²) in [4.78, 5) is 0. The van der Waals surface area contributed by atoms with E-state index >= 15 is 0 Å². The number of phenols is 1. The monoisotopic (exact) mass is 343 g/mol. The lowest BCUT2D eigenvalue weighted by Crippen LogP contribution is -2.44. The Balaban J connectivity index is 2.71. The lowest BCUT2D eigenvalue weighted by Gasteiger charge is -2.21. The molecule has 0 unspecified atom stereocenters. The first kappa shape index (κ1) is 15.9. The maximum atomic E-state index is 9.86. The molecule has 0 aliphatic heterocycles. The minimum Gasteiger partial charge on any atom is -0.506 e. The van der Waals surface area contributed by atoms with Gasteiger partial charge in [0.05, 0.1) is 10.7 Å². The van der Waals surface area contributed by atoms with Gasteiger partial charge in [0, 0.05) is 11.1 Å². The van der Waals surface area contributed by atoms with E-state index < -0.39 is 0 Å².